The average Bonchev–Trinajstić information content (AvgIpc) is 2.82. The molecule has 0 saturated heterocycles. The van der Waals surface area contributed by atoms with Crippen LogP contribution in [0.3, 0.4) is 0 Å². The summed E-state index contributed by atoms with van der Waals surface area (Å²) < 4.78 is 10.0. The van der Waals surface area contributed by atoms with Crippen LogP contribution in [0.1, 0.15) is 48.3 Å². The van der Waals surface area contributed by atoms with Crippen molar-refractivity contribution in [2.75, 3.05) is 13.6 Å². The molecular formula is C14H19NO6. The summed E-state index contributed by atoms with van der Waals surface area (Å²) in [6.07, 6.45) is 0.0476. The van der Waals surface area contributed by atoms with Crippen LogP contribution >= 0.6 is 0 Å². The van der Waals surface area contributed by atoms with E-state index < -0.39 is 23.4 Å². The van der Waals surface area contributed by atoms with Gasteiger partial charge in [-0.25, -0.2) is 4.79 Å². The zero-order chi connectivity index (χ0) is 16.2. The lowest BCUT2D eigenvalue weighted by atomic mass is 10.2. The van der Waals surface area contributed by atoms with Crippen LogP contribution in [-0.2, 0) is 9.53 Å². The van der Waals surface area contributed by atoms with Gasteiger partial charge >= 0.3 is 11.9 Å². The molecule has 1 heterocycles. The van der Waals surface area contributed by atoms with Crippen LogP contribution in [0, 0.1) is 0 Å². The number of aromatic carboxylic acids is 1. The number of hydrogen-bond acceptors (Lipinski definition) is 5. The predicted molar refractivity (Wildman–Crippen MR) is 73.1 cm³/mol. The van der Waals surface area contributed by atoms with Gasteiger partial charge in [-0.05, 0) is 32.9 Å². The molecule has 1 N–H and O–H groups in total. The molecule has 7 heteroatoms. The van der Waals surface area contributed by atoms with E-state index in [0.717, 1.165) is 0 Å². The van der Waals surface area contributed by atoms with Crippen molar-refractivity contribution >= 4 is 17.8 Å². The first kappa shape index (κ1) is 16.7. The van der Waals surface area contributed by atoms with E-state index in [-0.39, 0.29) is 24.5 Å². The number of hydrogen-bond donors (Lipinski definition) is 1. The molecule has 0 bridgehead atoms. The highest BCUT2D eigenvalue weighted by Gasteiger charge is 2.21. The molecule has 21 heavy (non-hydrogen) atoms. The lowest BCUT2D eigenvalue weighted by Gasteiger charge is -2.21. The first-order chi connectivity index (χ1) is 9.60. The van der Waals surface area contributed by atoms with E-state index in [0.29, 0.717) is 0 Å². The third-order valence-electron chi connectivity index (χ3n) is 2.45. The Labute approximate surface area is 122 Å². The molecule has 0 radical (unpaired) electrons. The molecule has 0 unspecified atom stereocenters. The summed E-state index contributed by atoms with van der Waals surface area (Å²) in [7, 11) is 1.50. The van der Waals surface area contributed by atoms with Gasteiger partial charge in [-0.3, -0.25) is 9.59 Å². The topological polar surface area (TPSA) is 97.0 Å². The van der Waals surface area contributed by atoms with Crippen LogP contribution in [0.2, 0.25) is 0 Å². The summed E-state index contributed by atoms with van der Waals surface area (Å²) in [5.74, 6) is -2.54. The second kappa shape index (κ2) is 6.43. The molecule has 1 aromatic rings. The van der Waals surface area contributed by atoms with Gasteiger partial charge in [0.05, 0.1) is 6.42 Å². The molecule has 116 valence electrons. The number of esters is 1. The molecule has 0 atom stereocenters. The first-order valence-corrected chi connectivity index (χ1v) is 6.40. The predicted octanol–water partition coefficient (Wildman–Crippen LogP) is 1.78. The number of carbonyl (C=O) groups excluding carboxylic acids is 2. The van der Waals surface area contributed by atoms with E-state index >= 15 is 0 Å². The number of amides is 1. The van der Waals surface area contributed by atoms with Gasteiger partial charge in [-0.1, -0.05) is 0 Å². The molecule has 0 aliphatic heterocycles. The van der Waals surface area contributed by atoms with Gasteiger partial charge in [-0.15, -0.1) is 0 Å². The van der Waals surface area contributed by atoms with Gasteiger partial charge in [0.1, 0.15) is 5.60 Å². The van der Waals surface area contributed by atoms with Crippen molar-refractivity contribution in [3.05, 3.63) is 23.7 Å². The fraction of sp³-hybridized carbons (Fsp3) is 0.500. The minimum absolute atomic E-state index is 0.0476. The molecular weight excluding hydrogens is 278 g/mol. The van der Waals surface area contributed by atoms with E-state index in [9.17, 15) is 14.4 Å². The average molecular weight is 297 g/mol. The lowest BCUT2D eigenvalue weighted by molar-refractivity contribution is -0.154. The summed E-state index contributed by atoms with van der Waals surface area (Å²) >= 11 is 0. The van der Waals surface area contributed by atoms with Crippen LogP contribution in [0.25, 0.3) is 0 Å². The molecule has 0 saturated carbocycles. The second-order valence-corrected chi connectivity index (χ2v) is 5.53. The van der Waals surface area contributed by atoms with Gasteiger partial charge in [0.25, 0.3) is 5.91 Å². The number of carboxylic acids is 1. The minimum atomic E-state index is -1.24. The fourth-order valence-corrected chi connectivity index (χ4v) is 1.51. The number of furan rings is 1. The summed E-state index contributed by atoms with van der Waals surface area (Å²) in [6.45, 7) is 5.43. The molecule has 0 aliphatic carbocycles. The molecule has 1 amide bonds. The van der Waals surface area contributed by atoms with Crippen LogP contribution in [-0.4, -0.2) is 47.0 Å². The number of carboxylic acid groups (broad SMARTS) is 1. The minimum Gasteiger partial charge on any atom is -0.475 e. The molecule has 7 nitrogen and oxygen atoms in total. The molecule has 0 spiro atoms. The van der Waals surface area contributed by atoms with E-state index in [1.165, 1.54) is 24.1 Å². The summed E-state index contributed by atoms with van der Waals surface area (Å²) in [5, 5.41) is 8.72. The number of ether oxygens (including phenoxy) is 1. The quantitative estimate of drug-likeness (QED) is 0.832. The van der Waals surface area contributed by atoms with Crippen molar-refractivity contribution in [2.45, 2.75) is 32.8 Å². The van der Waals surface area contributed by atoms with Crippen molar-refractivity contribution in [3.63, 3.8) is 0 Å². The standard InChI is InChI=1S/C14H19NO6/c1-14(2,3)21-11(16)7-8-15(4)12(17)9-5-6-10(20-9)13(18)19/h5-6H,7-8H2,1-4H3,(H,18,19). The lowest BCUT2D eigenvalue weighted by Crippen LogP contribution is -2.31. The molecule has 0 fully saturated rings. The van der Waals surface area contributed by atoms with E-state index in [2.05, 4.69) is 0 Å². The molecule has 0 aliphatic rings. The Morgan fingerprint density at radius 3 is 2.29 bits per heavy atom. The van der Waals surface area contributed by atoms with Gasteiger partial charge in [-0.2, -0.15) is 0 Å². The van der Waals surface area contributed by atoms with Crippen LogP contribution in [0.4, 0.5) is 0 Å². The Morgan fingerprint density at radius 2 is 1.81 bits per heavy atom. The summed E-state index contributed by atoms with van der Waals surface area (Å²) in [6, 6.07) is 2.49. The van der Waals surface area contributed by atoms with Crippen molar-refractivity contribution in [3.8, 4) is 0 Å². The maximum absolute atomic E-state index is 12.0. The largest absolute Gasteiger partial charge is 0.475 e. The van der Waals surface area contributed by atoms with Crippen LogP contribution in [0.5, 0.6) is 0 Å². The van der Waals surface area contributed by atoms with Gasteiger partial charge < -0.3 is 19.2 Å². The Hall–Kier alpha value is -2.31. The smallest absolute Gasteiger partial charge is 0.371 e. The maximum Gasteiger partial charge on any atom is 0.371 e. The van der Waals surface area contributed by atoms with Crippen molar-refractivity contribution in [1.29, 1.82) is 0 Å². The Balaban J connectivity index is 2.54. The monoisotopic (exact) mass is 297 g/mol. The zero-order valence-electron chi connectivity index (χ0n) is 12.5. The first-order valence-electron chi connectivity index (χ1n) is 6.40. The fourth-order valence-electron chi connectivity index (χ4n) is 1.51. The summed E-state index contributed by atoms with van der Waals surface area (Å²) in [5.41, 5.74) is -0.572. The van der Waals surface area contributed by atoms with Crippen LogP contribution < -0.4 is 0 Å². The van der Waals surface area contributed by atoms with E-state index in [1.54, 1.807) is 20.8 Å². The third-order valence-corrected chi connectivity index (χ3v) is 2.45. The van der Waals surface area contributed by atoms with E-state index in [4.69, 9.17) is 14.3 Å². The number of rotatable bonds is 5. The third kappa shape index (κ3) is 5.29. The van der Waals surface area contributed by atoms with E-state index in [1.807, 2.05) is 0 Å². The van der Waals surface area contributed by atoms with Gasteiger partial charge in [0.15, 0.2) is 5.76 Å². The van der Waals surface area contributed by atoms with Gasteiger partial charge in [0, 0.05) is 13.6 Å². The van der Waals surface area contributed by atoms with Gasteiger partial charge in [0.2, 0.25) is 5.76 Å². The van der Waals surface area contributed by atoms with Crippen LogP contribution in [0.15, 0.2) is 16.5 Å². The summed E-state index contributed by atoms with van der Waals surface area (Å²) in [4.78, 5) is 35.5. The zero-order valence-corrected chi connectivity index (χ0v) is 12.5. The molecule has 1 rings (SSSR count). The Bertz CT molecular complexity index is 540. The Morgan fingerprint density at radius 1 is 1.24 bits per heavy atom. The maximum atomic E-state index is 12.0. The highest BCUT2D eigenvalue weighted by molar-refractivity contribution is 5.93. The van der Waals surface area contributed by atoms with Crippen molar-refractivity contribution in [2.24, 2.45) is 0 Å². The second-order valence-electron chi connectivity index (χ2n) is 5.53. The highest BCUT2D eigenvalue weighted by atomic mass is 16.6. The molecule has 1 aromatic heterocycles. The SMILES string of the molecule is CN(CCC(=O)OC(C)(C)C)C(=O)c1ccc(C(=O)O)o1. The normalized spacial score (nSPS) is 11.0. The number of nitrogens with zero attached hydrogens (tertiary/aromatic N) is 1. The van der Waals surface area contributed by atoms with Crippen molar-refractivity contribution in [1.82, 2.24) is 4.90 Å². The Kier molecular flexibility index (Phi) is 5.12. The van der Waals surface area contributed by atoms with Crippen molar-refractivity contribution < 1.29 is 28.6 Å². The highest BCUT2D eigenvalue weighted by Crippen LogP contribution is 2.12. The molecule has 0 aromatic carbocycles. The number of carbonyl (C=O) groups is 3.